The molecule has 0 atom stereocenters. The van der Waals surface area contributed by atoms with Gasteiger partial charge in [0.25, 0.3) is 0 Å². The molecule has 3 N–H and O–H groups in total. The molecule has 0 aliphatic heterocycles. The highest BCUT2D eigenvalue weighted by molar-refractivity contribution is 7.13. The standard InChI is InChI=1S/C10H9N3O2S/c14-8-2-1-7(9(15)5-8)6-12-13-10-11-3-4-16-10/h1-6,14-15H,(H,11,13)/b12-6+. The van der Waals surface area contributed by atoms with Crippen molar-refractivity contribution in [3.63, 3.8) is 0 Å². The van der Waals surface area contributed by atoms with Crippen molar-refractivity contribution in [3.8, 4) is 11.5 Å². The number of aromatic nitrogens is 1. The second-order valence-electron chi connectivity index (χ2n) is 2.95. The zero-order valence-electron chi connectivity index (χ0n) is 8.16. The van der Waals surface area contributed by atoms with Gasteiger partial charge in [-0.3, -0.25) is 5.43 Å². The van der Waals surface area contributed by atoms with Crippen LogP contribution in [-0.2, 0) is 0 Å². The summed E-state index contributed by atoms with van der Waals surface area (Å²) in [4.78, 5) is 3.98. The first kappa shape index (κ1) is 10.4. The van der Waals surface area contributed by atoms with Crippen molar-refractivity contribution in [2.45, 2.75) is 0 Å². The van der Waals surface area contributed by atoms with Crippen molar-refractivity contribution in [1.29, 1.82) is 0 Å². The van der Waals surface area contributed by atoms with Crippen molar-refractivity contribution in [2.75, 3.05) is 5.43 Å². The van der Waals surface area contributed by atoms with Gasteiger partial charge in [-0.1, -0.05) is 0 Å². The molecule has 0 saturated carbocycles. The number of aromatic hydroxyl groups is 2. The Balaban J connectivity index is 2.06. The lowest BCUT2D eigenvalue weighted by Crippen LogP contribution is -1.89. The number of hydrazone groups is 1. The molecule has 2 aromatic rings. The molecule has 0 aliphatic rings. The van der Waals surface area contributed by atoms with Crippen molar-refractivity contribution in [2.24, 2.45) is 5.10 Å². The normalized spacial score (nSPS) is 10.8. The molecule has 0 saturated heterocycles. The van der Waals surface area contributed by atoms with Crippen LogP contribution < -0.4 is 5.43 Å². The fourth-order valence-corrected chi connectivity index (χ4v) is 1.55. The summed E-state index contributed by atoms with van der Waals surface area (Å²) in [5.74, 6) is -0.00720. The summed E-state index contributed by atoms with van der Waals surface area (Å²) in [6.45, 7) is 0. The lowest BCUT2D eigenvalue weighted by molar-refractivity contribution is 0.450. The van der Waals surface area contributed by atoms with Crippen LogP contribution in [0.25, 0.3) is 0 Å². The Kier molecular flexibility index (Phi) is 3.02. The third kappa shape index (κ3) is 2.48. The van der Waals surface area contributed by atoms with Crippen molar-refractivity contribution >= 4 is 22.7 Å². The summed E-state index contributed by atoms with van der Waals surface area (Å²) >= 11 is 1.43. The maximum absolute atomic E-state index is 9.46. The molecule has 0 unspecified atom stereocenters. The smallest absolute Gasteiger partial charge is 0.203 e. The average Bonchev–Trinajstić information content (AvgIpc) is 2.74. The summed E-state index contributed by atoms with van der Waals surface area (Å²) in [6, 6.07) is 4.30. The molecule has 16 heavy (non-hydrogen) atoms. The summed E-state index contributed by atoms with van der Waals surface area (Å²) in [6.07, 6.45) is 3.12. The number of nitrogens with zero attached hydrogens (tertiary/aromatic N) is 2. The molecule has 0 bridgehead atoms. The van der Waals surface area contributed by atoms with Gasteiger partial charge in [-0.05, 0) is 12.1 Å². The van der Waals surface area contributed by atoms with E-state index in [4.69, 9.17) is 5.11 Å². The number of benzene rings is 1. The number of rotatable bonds is 3. The van der Waals surface area contributed by atoms with E-state index in [-0.39, 0.29) is 11.5 Å². The van der Waals surface area contributed by atoms with E-state index >= 15 is 0 Å². The van der Waals surface area contributed by atoms with Gasteiger partial charge in [0.15, 0.2) is 0 Å². The van der Waals surface area contributed by atoms with Crippen LogP contribution in [0.15, 0.2) is 34.9 Å². The van der Waals surface area contributed by atoms with Crippen LogP contribution in [0.5, 0.6) is 11.5 Å². The largest absolute Gasteiger partial charge is 0.508 e. The van der Waals surface area contributed by atoms with Crippen LogP contribution in [0.1, 0.15) is 5.56 Å². The van der Waals surface area contributed by atoms with Crippen LogP contribution >= 0.6 is 11.3 Å². The van der Waals surface area contributed by atoms with E-state index in [1.807, 2.05) is 5.38 Å². The molecule has 0 spiro atoms. The molecule has 0 fully saturated rings. The molecule has 6 heteroatoms. The van der Waals surface area contributed by atoms with Crippen LogP contribution in [-0.4, -0.2) is 21.4 Å². The monoisotopic (exact) mass is 235 g/mol. The SMILES string of the molecule is Oc1ccc(/C=N/Nc2nccs2)c(O)c1. The quantitative estimate of drug-likeness (QED) is 0.561. The summed E-state index contributed by atoms with van der Waals surface area (Å²) in [5, 5.41) is 25.0. The van der Waals surface area contributed by atoms with E-state index in [9.17, 15) is 5.11 Å². The number of hydrogen-bond acceptors (Lipinski definition) is 6. The number of phenolic OH excluding ortho intramolecular Hbond substituents is 2. The van der Waals surface area contributed by atoms with E-state index in [1.165, 1.54) is 29.7 Å². The number of phenols is 2. The average molecular weight is 235 g/mol. The fourth-order valence-electron chi connectivity index (χ4n) is 1.08. The molecule has 0 radical (unpaired) electrons. The predicted octanol–water partition coefficient (Wildman–Crippen LogP) is 2.00. The first-order valence-electron chi connectivity index (χ1n) is 4.46. The van der Waals surface area contributed by atoms with E-state index in [2.05, 4.69) is 15.5 Å². The Morgan fingerprint density at radius 2 is 2.25 bits per heavy atom. The van der Waals surface area contributed by atoms with Gasteiger partial charge in [0, 0.05) is 23.2 Å². The zero-order chi connectivity index (χ0) is 11.4. The molecule has 2 rings (SSSR count). The summed E-state index contributed by atoms with van der Waals surface area (Å²) < 4.78 is 0. The Bertz CT molecular complexity index is 497. The zero-order valence-corrected chi connectivity index (χ0v) is 8.98. The first-order valence-corrected chi connectivity index (χ1v) is 5.34. The van der Waals surface area contributed by atoms with Crippen molar-refractivity contribution < 1.29 is 10.2 Å². The number of anilines is 1. The van der Waals surface area contributed by atoms with Gasteiger partial charge < -0.3 is 10.2 Å². The highest BCUT2D eigenvalue weighted by Crippen LogP contribution is 2.20. The van der Waals surface area contributed by atoms with E-state index in [1.54, 1.807) is 12.3 Å². The lowest BCUT2D eigenvalue weighted by atomic mass is 10.2. The van der Waals surface area contributed by atoms with Crippen LogP contribution in [0.4, 0.5) is 5.13 Å². The molecule has 0 amide bonds. The highest BCUT2D eigenvalue weighted by Gasteiger charge is 1.98. The molecule has 1 heterocycles. The molecular formula is C10H9N3O2S. The topological polar surface area (TPSA) is 77.7 Å². The second kappa shape index (κ2) is 4.63. The Morgan fingerprint density at radius 1 is 1.38 bits per heavy atom. The third-order valence-electron chi connectivity index (χ3n) is 1.81. The maximum Gasteiger partial charge on any atom is 0.203 e. The molecular weight excluding hydrogens is 226 g/mol. The second-order valence-corrected chi connectivity index (χ2v) is 3.84. The van der Waals surface area contributed by atoms with E-state index in [0.717, 1.165) is 0 Å². The first-order chi connectivity index (χ1) is 7.75. The van der Waals surface area contributed by atoms with Gasteiger partial charge in [0.1, 0.15) is 11.5 Å². The van der Waals surface area contributed by atoms with Gasteiger partial charge >= 0.3 is 0 Å². The van der Waals surface area contributed by atoms with Gasteiger partial charge in [-0.15, -0.1) is 11.3 Å². The Labute approximate surface area is 95.7 Å². The maximum atomic E-state index is 9.46. The van der Waals surface area contributed by atoms with E-state index < -0.39 is 0 Å². The minimum atomic E-state index is -0.0234. The van der Waals surface area contributed by atoms with Gasteiger partial charge in [-0.2, -0.15) is 5.10 Å². The number of thiazole rings is 1. The lowest BCUT2D eigenvalue weighted by Gasteiger charge is -1.99. The van der Waals surface area contributed by atoms with Gasteiger partial charge in [0.2, 0.25) is 5.13 Å². The number of nitrogens with one attached hydrogen (secondary N) is 1. The Hall–Kier alpha value is -2.08. The molecule has 1 aromatic heterocycles. The third-order valence-corrected chi connectivity index (χ3v) is 2.49. The van der Waals surface area contributed by atoms with Gasteiger partial charge in [0.05, 0.1) is 6.21 Å². The Morgan fingerprint density at radius 3 is 2.94 bits per heavy atom. The highest BCUT2D eigenvalue weighted by atomic mass is 32.1. The van der Waals surface area contributed by atoms with Gasteiger partial charge in [-0.25, -0.2) is 4.98 Å². The van der Waals surface area contributed by atoms with E-state index in [0.29, 0.717) is 10.7 Å². The molecule has 5 nitrogen and oxygen atoms in total. The molecule has 82 valence electrons. The minimum absolute atomic E-state index is 0.0162. The van der Waals surface area contributed by atoms with Crippen molar-refractivity contribution in [1.82, 2.24) is 4.98 Å². The van der Waals surface area contributed by atoms with Crippen LogP contribution in [0, 0.1) is 0 Å². The number of hydrogen-bond donors (Lipinski definition) is 3. The molecule has 0 aliphatic carbocycles. The van der Waals surface area contributed by atoms with Crippen LogP contribution in [0.2, 0.25) is 0 Å². The minimum Gasteiger partial charge on any atom is -0.508 e. The predicted molar refractivity (Wildman–Crippen MR) is 63.1 cm³/mol. The summed E-state index contributed by atoms with van der Waals surface area (Å²) in [5.41, 5.74) is 3.23. The molecule has 1 aromatic carbocycles. The van der Waals surface area contributed by atoms with Crippen molar-refractivity contribution in [3.05, 3.63) is 35.3 Å². The summed E-state index contributed by atoms with van der Waals surface area (Å²) in [7, 11) is 0. The fraction of sp³-hybridized carbons (Fsp3) is 0. The van der Waals surface area contributed by atoms with Crippen LogP contribution in [0.3, 0.4) is 0 Å².